The fourth-order valence-corrected chi connectivity index (χ4v) is 3.15. The van der Waals surface area contributed by atoms with Crippen molar-refractivity contribution in [3.05, 3.63) is 70.0 Å². The van der Waals surface area contributed by atoms with Gasteiger partial charge in [-0.3, -0.25) is 4.79 Å². The van der Waals surface area contributed by atoms with Crippen LogP contribution in [0.3, 0.4) is 0 Å². The van der Waals surface area contributed by atoms with Gasteiger partial charge >= 0.3 is 0 Å². The number of halogens is 2. The highest BCUT2D eigenvalue weighted by Crippen LogP contribution is 2.29. The lowest BCUT2D eigenvalue weighted by Crippen LogP contribution is -2.32. The van der Waals surface area contributed by atoms with Gasteiger partial charge in [0.25, 0.3) is 0 Å². The van der Waals surface area contributed by atoms with Gasteiger partial charge in [0, 0.05) is 5.02 Å². The van der Waals surface area contributed by atoms with Crippen LogP contribution in [0, 0.1) is 5.82 Å². The van der Waals surface area contributed by atoms with Crippen LogP contribution in [-0.4, -0.2) is 5.91 Å². The highest BCUT2D eigenvalue weighted by atomic mass is 35.5. The van der Waals surface area contributed by atoms with Crippen molar-refractivity contribution < 1.29 is 9.18 Å². The monoisotopic (exact) mass is 317 g/mol. The number of fused-ring (bicyclic) bond motifs is 1. The van der Waals surface area contributed by atoms with E-state index in [1.807, 2.05) is 12.1 Å². The molecule has 1 N–H and O–H groups in total. The largest absolute Gasteiger partial charge is 0.349 e. The van der Waals surface area contributed by atoms with Crippen molar-refractivity contribution in [1.29, 1.82) is 0 Å². The van der Waals surface area contributed by atoms with E-state index in [-0.39, 0.29) is 18.4 Å². The van der Waals surface area contributed by atoms with E-state index in [0.717, 1.165) is 19.3 Å². The SMILES string of the molecule is O=C(Cc1ccc(Cl)cc1F)NC1CCCc2ccccc21. The normalized spacial score (nSPS) is 16.9. The highest BCUT2D eigenvalue weighted by molar-refractivity contribution is 6.30. The first-order valence-electron chi connectivity index (χ1n) is 7.44. The van der Waals surface area contributed by atoms with Crippen LogP contribution >= 0.6 is 11.6 Å². The molecule has 0 saturated carbocycles. The fourth-order valence-electron chi connectivity index (χ4n) is 2.99. The van der Waals surface area contributed by atoms with Gasteiger partial charge in [-0.1, -0.05) is 41.9 Å². The van der Waals surface area contributed by atoms with E-state index >= 15 is 0 Å². The Morgan fingerprint density at radius 3 is 2.91 bits per heavy atom. The Morgan fingerprint density at radius 1 is 1.27 bits per heavy atom. The number of carbonyl (C=O) groups excluding carboxylic acids is 1. The summed E-state index contributed by atoms with van der Waals surface area (Å²) in [6, 6.07) is 12.6. The van der Waals surface area contributed by atoms with Crippen LogP contribution in [0.2, 0.25) is 5.02 Å². The molecule has 114 valence electrons. The molecule has 2 aromatic rings. The number of rotatable bonds is 3. The zero-order valence-electron chi connectivity index (χ0n) is 12.1. The molecule has 1 atom stereocenters. The summed E-state index contributed by atoms with van der Waals surface area (Å²) in [7, 11) is 0. The van der Waals surface area contributed by atoms with Crippen molar-refractivity contribution in [3.8, 4) is 0 Å². The summed E-state index contributed by atoms with van der Waals surface area (Å²) in [5.41, 5.74) is 2.83. The Hall–Kier alpha value is -1.87. The van der Waals surface area contributed by atoms with Crippen LogP contribution in [0.4, 0.5) is 4.39 Å². The molecular weight excluding hydrogens is 301 g/mol. The minimum atomic E-state index is -0.438. The molecule has 4 heteroatoms. The fraction of sp³-hybridized carbons (Fsp3) is 0.278. The van der Waals surface area contributed by atoms with Gasteiger partial charge in [-0.25, -0.2) is 4.39 Å². The van der Waals surface area contributed by atoms with E-state index in [1.54, 1.807) is 12.1 Å². The maximum atomic E-state index is 13.8. The molecule has 1 amide bonds. The van der Waals surface area contributed by atoms with Crippen LogP contribution in [0.5, 0.6) is 0 Å². The number of hydrogen-bond donors (Lipinski definition) is 1. The van der Waals surface area contributed by atoms with Crippen molar-refractivity contribution in [2.24, 2.45) is 0 Å². The zero-order valence-corrected chi connectivity index (χ0v) is 12.9. The molecule has 0 radical (unpaired) electrons. The minimum absolute atomic E-state index is 0.0211. The topological polar surface area (TPSA) is 29.1 Å². The average molecular weight is 318 g/mol. The standard InChI is InChI=1S/C18H17ClFNO/c19-14-9-8-13(16(20)11-14)10-18(22)21-17-7-3-5-12-4-1-2-6-15(12)17/h1-2,4,6,8-9,11,17H,3,5,7,10H2,(H,21,22). The molecule has 0 bridgehead atoms. The Balaban J connectivity index is 1.70. The molecule has 0 saturated heterocycles. The van der Waals surface area contributed by atoms with E-state index in [2.05, 4.69) is 17.4 Å². The second-order valence-corrected chi connectivity index (χ2v) is 6.06. The van der Waals surface area contributed by atoms with E-state index in [0.29, 0.717) is 10.6 Å². The third-order valence-corrected chi connectivity index (χ3v) is 4.31. The molecule has 0 fully saturated rings. The molecule has 3 rings (SSSR count). The third kappa shape index (κ3) is 3.30. The van der Waals surface area contributed by atoms with E-state index in [1.165, 1.54) is 17.2 Å². The van der Waals surface area contributed by atoms with Crippen molar-refractivity contribution in [3.63, 3.8) is 0 Å². The Morgan fingerprint density at radius 2 is 2.09 bits per heavy atom. The molecule has 0 aromatic heterocycles. The van der Waals surface area contributed by atoms with Crippen LogP contribution in [0.25, 0.3) is 0 Å². The lowest BCUT2D eigenvalue weighted by Gasteiger charge is -2.26. The highest BCUT2D eigenvalue weighted by Gasteiger charge is 2.21. The minimum Gasteiger partial charge on any atom is -0.349 e. The first-order valence-corrected chi connectivity index (χ1v) is 7.82. The number of benzene rings is 2. The number of carbonyl (C=O) groups is 1. The molecule has 1 aliphatic carbocycles. The molecule has 0 aliphatic heterocycles. The molecule has 0 spiro atoms. The summed E-state index contributed by atoms with van der Waals surface area (Å²) < 4.78 is 13.8. The van der Waals surface area contributed by atoms with Gasteiger partial charge in [-0.05, 0) is 48.1 Å². The van der Waals surface area contributed by atoms with Crippen LogP contribution in [0.1, 0.15) is 35.6 Å². The predicted molar refractivity (Wildman–Crippen MR) is 85.4 cm³/mol. The number of nitrogens with one attached hydrogen (secondary N) is 1. The predicted octanol–water partition coefficient (Wildman–Crippen LogP) is 4.22. The van der Waals surface area contributed by atoms with E-state index < -0.39 is 5.82 Å². The first-order chi connectivity index (χ1) is 10.6. The van der Waals surface area contributed by atoms with Gasteiger partial charge in [0.05, 0.1) is 12.5 Å². The molecule has 22 heavy (non-hydrogen) atoms. The Kier molecular flexibility index (Phi) is 4.44. The number of hydrogen-bond acceptors (Lipinski definition) is 1. The summed E-state index contributed by atoms with van der Waals surface area (Å²) in [4.78, 5) is 12.2. The lowest BCUT2D eigenvalue weighted by molar-refractivity contribution is -0.121. The Bertz CT molecular complexity index is 701. The van der Waals surface area contributed by atoms with Crippen molar-refractivity contribution in [2.45, 2.75) is 31.7 Å². The lowest BCUT2D eigenvalue weighted by atomic mass is 9.87. The quantitative estimate of drug-likeness (QED) is 0.902. The van der Waals surface area contributed by atoms with E-state index in [9.17, 15) is 9.18 Å². The first kappa shape index (κ1) is 15.0. The van der Waals surface area contributed by atoms with Crippen LogP contribution in [-0.2, 0) is 17.6 Å². The van der Waals surface area contributed by atoms with Crippen molar-refractivity contribution >= 4 is 17.5 Å². The van der Waals surface area contributed by atoms with E-state index in [4.69, 9.17) is 11.6 Å². The smallest absolute Gasteiger partial charge is 0.225 e. The summed E-state index contributed by atoms with van der Waals surface area (Å²) in [6.45, 7) is 0. The maximum absolute atomic E-state index is 13.8. The second kappa shape index (κ2) is 6.49. The van der Waals surface area contributed by atoms with Crippen molar-refractivity contribution in [1.82, 2.24) is 5.32 Å². The van der Waals surface area contributed by atoms with Gasteiger partial charge in [-0.15, -0.1) is 0 Å². The summed E-state index contributed by atoms with van der Waals surface area (Å²) in [5, 5.41) is 3.36. The zero-order chi connectivity index (χ0) is 15.5. The maximum Gasteiger partial charge on any atom is 0.225 e. The Labute approximate surface area is 134 Å². The van der Waals surface area contributed by atoms with Crippen molar-refractivity contribution in [2.75, 3.05) is 0 Å². The molecule has 1 unspecified atom stereocenters. The molecule has 0 heterocycles. The number of amides is 1. The third-order valence-electron chi connectivity index (χ3n) is 4.07. The molecular formula is C18H17ClFNO. The van der Waals surface area contributed by atoms with Gasteiger partial charge in [0.15, 0.2) is 0 Å². The molecule has 1 aliphatic rings. The average Bonchev–Trinajstić information content (AvgIpc) is 2.50. The molecule has 2 aromatic carbocycles. The summed E-state index contributed by atoms with van der Waals surface area (Å²) in [6.07, 6.45) is 3.05. The number of aryl methyl sites for hydroxylation is 1. The summed E-state index contributed by atoms with van der Waals surface area (Å²) in [5.74, 6) is -0.602. The van der Waals surface area contributed by atoms with Crippen LogP contribution < -0.4 is 5.32 Å². The van der Waals surface area contributed by atoms with Gasteiger partial charge in [0.2, 0.25) is 5.91 Å². The van der Waals surface area contributed by atoms with Gasteiger partial charge in [-0.2, -0.15) is 0 Å². The van der Waals surface area contributed by atoms with Crippen LogP contribution in [0.15, 0.2) is 42.5 Å². The van der Waals surface area contributed by atoms with Gasteiger partial charge in [0.1, 0.15) is 5.82 Å². The molecule has 2 nitrogen and oxygen atoms in total. The second-order valence-electron chi connectivity index (χ2n) is 5.62. The van der Waals surface area contributed by atoms with Gasteiger partial charge < -0.3 is 5.32 Å². The summed E-state index contributed by atoms with van der Waals surface area (Å²) >= 11 is 5.72.